The summed E-state index contributed by atoms with van der Waals surface area (Å²) < 4.78 is 27.3. The van der Waals surface area contributed by atoms with Gasteiger partial charge in [-0.1, -0.05) is 19.9 Å². The first-order chi connectivity index (χ1) is 16.8. The Hall–Kier alpha value is -3.33. The van der Waals surface area contributed by atoms with Crippen LogP contribution in [0, 0.1) is 18.3 Å². The summed E-state index contributed by atoms with van der Waals surface area (Å²) in [6.45, 7) is 8.10. The summed E-state index contributed by atoms with van der Waals surface area (Å²) in [6, 6.07) is 7.11. The highest BCUT2D eigenvalue weighted by Crippen LogP contribution is 2.52. The van der Waals surface area contributed by atoms with Crippen molar-refractivity contribution in [2.45, 2.75) is 51.9 Å². The second kappa shape index (κ2) is 8.37. The molecule has 0 bridgehead atoms. The molecule has 1 aromatic carbocycles. The van der Waals surface area contributed by atoms with Crippen molar-refractivity contribution in [1.29, 1.82) is 0 Å². The molecular weight excluding hydrogens is 474 g/mol. The number of aromatic nitrogens is 3. The summed E-state index contributed by atoms with van der Waals surface area (Å²) in [5.41, 5.74) is 6.69. The Balaban J connectivity index is 1.54. The Kier molecular flexibility index (Phi) is 5.66. The first kappa shape index (κ1) is 24.4. The number of benzene rings is 1. The third-order valence-electron chi connectivity index (χ3n) is 7.04. The van der Waals surface area contributed by atoms with Crippen LogP contribution in [0.1, 0.15) is 44.1 Å². The molecule has 3 heterocycles. The van der Waals surface area contributed by atoms with Crippen molar-refractivity contribution in [2.75, 3.05) is 11.6 Å². The first-order valence-corrected chi connectivity index (χ1v) is 13.9. The molecule has 188 valence electrons. The van der Waals surface area contributed by atoms with Crippen LogP contribution < -0.4 is 5.32 Å². The Morgan fingerprint density at radius 1 is 1.19 bits per heavy atom. The van der Waals surface area contributed by atoms with E-state index in [0.717, 1.165) is 34.6 Å². The van der Waals surface area contributed by atoms with E-state index in [4.69, 9.17) is 4.98 Å². The van der Waals surface area contributed by atoms with Gasteiger partial charge in [0.25, 0.3) is 0 Å². The van der Waals surface area contributed by atoms with E-state index in [1.54, 1.807) is 16.8 Å². The Morgan fingerprint density at radius 2 is 1.92 bits per heavy atom. The SMILES string of the molecule is CC1=Nc2c(Nc3ccc(-c4nn(C)cc4C)cc3S(C)(=O)=O)cc(CC(=O)C3CC3(C)C)nc2C1. The van der Waals surface area contributed by atoms with Gasteiger partial charge in [-0.05, 0) is 49.4 Å². The van der Waals surface area contributed by atoms with Gasteiger partial charge in [-0.15, -0.1) is 0 Å². The molecule has 1 aliphatic carbocycles. The highest BCUT2D eigenvalue weighted by atomic mass is 32.2. The van der Waals surface area contributed by atoms with Crippen LogP contribution in [0.2, 0.25) is 0 Å². The molecule has 1 aliphatic heterocycles. The summed E-state index contributed by atoms with van der Waals surface area (Å²) >= 11 is 0. The summed E-state index contributed by atoms with van der Waals surface area (Å²) in [5, 5.41) is 7.80. The Bertz CT molecular complexity index is 1550. The lowest BCUT2D eigenvalue weighted by Crippen LogP contribution is -2.11. The van der Waals surface area contributed by atoms with Gasteiger partial charge in [0.05, 0.1) is 33.4 Å². The van der Waals surface area contributed by atoms with Crippen molar-refractivity contribution in [2.24, 2.45) is 23.4 Å². The van der Waals surface area contributed by atoms with Crippen molar-refractivity contribution in [3.05, 3.63) is 47.4 Å². The number of anilines is 2. The molecule has 1 saturated carbocycles. The molecule has 0 spiro atoms. The number of aryl methyl sites for hydroxylation is 2. The van der Waals surface area contributed by atoms with E-state index in [9.17, 15) is 13.2 Å². The molecule has 0 saturated heterocycles. The van der Waals surface area contributed by atoms with Crippen LogP contribution >= 0.6 is 0 Å². The van der Waals surface area contributed by atoms with Gasteiger partial charge >= 0.3 is 0 Å². The van der Waals surface area contributed by atoms with Gasteiger partial charge in [-0.25, -0.2) is 8.42 Å². The largest absolute Gasteiger partial charge is 0.353 e. The maximum Gasteiger partial charge on any atom is 0.177 e. The van der Waals surface area contributed by atoms with E-state index in [-0.39, 0.29) is 28.4 Å². The van der Waals surface area contributed by atoms with E-state index in [1.165, 1.54) is 6.26 Å². The Labute approximate surface area is 211 Å². The molecule has 9 heteroatoms. The summed E-state index contributed by atoms with van der Waals surface area (Å²) in [4.78, 5) is 22.4. The second-order valence-electron chi connectivity index (χ2n) is 10.8. The summed E-state index contributed by atoms with van der Waals surface area (Å²) in [6.07, 6.45) is 4.87. The molecular formula is C27H31N5O3S. The number of Topliss-reactive ketones (excluding diaryl/α,β-unsaturated/α-hetero) is 1. The number of fused-ring (bicyclic) bond motifs is 1. The van der Waals surface area contributed by atoms with Gasteiger partial charge < -0.3 is 5.32 Å². The fourth-order valence-corrected chi connectivity index (χ4v) is 5.85. The van der Waals surface area contributed by atoms with E-state index in [0.29, 0.717) is 29.2 Å². The quantitative estimate of drug-likeness (QED) is 0.497. The fraction of sp³-hybridized carbons (Fsp3) is 0.407. The molecule has 1 atom stereocenters. The molecule has 2 aromatic heterocycles. The van der Waals surface area contributed by atoms with Crippen LogP contribution in [0.15, 0.2) is 40.4 Å². The zero-order chi connectivity index (χ0) is 26.0. The average Bonchev–Trinajstić information content (AvgIpc) is 3.06. The highest BCUT2D eigenvalue weighted by molar-refractivity contribution is 7.90. The smallest absolute Gasteiger partial charge is 0.177 e. The van der Waals surface area contributed by atoms with Crippen LogP contribution in [-0.4, -0.2) is 40.9 Å². The molecule has 1 unspecified atom stereocenters. The normalized spacial score (nSPS) is 18.1. The summed E-state index contributed by atoms with van der Waals surface area (Å²) in [5.74, 6) is 0.266. The van der Waals surface area contributed by atoms with Crippen molar-refractivity contribution in [1.82, 2.24) is 14.8 Å². The van der Waals surface area contributed by atoms with Crippen LogP contribution in [0.3, 0.4) is 0 Å². The maximum atomic E-state index is 12.8. The van der Waals surface area contributed by atoms with Gasteiger partial charge in [0.1, 0.15) is 11.5 Å². The van der Waals surface area contributed by atoms with Gasteiger partial charge in [0.2, 0.25) is 0 Å². The molecule has 36 heavy (non-hydrogen) atoms. The first-order valence-electron chi connectivity index (χ1n) is 12.0. The molecule has 5 rings (SSSR count). The van der Waals surface area contributed by atoms with E-state index in [2.05, 4.69) is 29.3 Å². The minimum absolute atomic E-state index is 0.0622. The third-order valence-corrected chi connectivity index (χ3v) is 8.17. The number of nitrogens with zero attached hydrogens (tertiary/aromatic N) is 4. The van der Waals surface area contributed by atoms with E-state index < -0.39 is 9.84 Å². The topological polar surface area (TPSA) is 106 Å². The van der Waals surface area contributed by atoms with Crippen LogP contribution in [0.4, 0.5) is 17.1 Å². The second-order valence-corrected chi connectivity index (χ2v) is 12.8. The number of nitrogens with one attached hydrogen (secondary N) is 1. The van der Waals surface area contributed by atoms with Gasteiger partial charge in [-0.3, -0.25) is 19.5 Å². The molecule has 0 radical (unpaired) electrons. The standard InChI is InChI=1S/C27H31N5O3S/c1-15-14-32(5)31-25(15)17-7-8-20(24(10-17)36(6,34)35)30-22-11-18(12-23(33)19-13-27(19,3)4)29-21-9-16(2)28-26(21)22/h7-8,10-11,14,19H,9,12-13H2,1-6H3,(H,29,30). The minimum atomic E-state index is -3.56. The van der Waals surface area contributed by atoms with Gasteiger partial charge in [0, 0.05) is 49.5 Å². The number of aliphatic imine (C=N–C) groups is 1. The van der Waals surface area contributed by atoms with Crippen molar-refractivity contribution >= 4 is 38.4 Å². The molecule has 2 aliphatic rings. The molecule has 1 N–H and O–H groups in total. The monoisotopic (exact) mass is 505 g/mol. The number of hydrogen-bond donors (Lipinski definition) is 1. The predicted octanol–water partition coefficient (Wildman–Crippen LogP) is 4.74. The average molecular weight is 506 g/mol. The van der Waals surface area contributed by atoms with Gasteiger partial charge in [0.15, 0.2) is 9.84 Å². The van der Waals surface area contributed by atoms with Crippen molar-refractivity contribution < 1.29 is 13.2 Å². The lowest BCUT2D eigenvalue weighted by molar-refractivity contribution is -0.120. The number of hydrogen-bond acceptors (Lipinski definition) is 7. The fourth-order valence-electron chi connectivity index (χ4n) is 4.99. The van der Waals surface area contributed by atoms with Gasteiger partial charge in [-0.2, -0.15) is 5.10 Å². The summed E-state index contributed by atoms with van der Waals surface area (Å²) in [7, 11) is -1.73. The Morgan fingerprint density at radius 3 is 2.53 bits per heavy atom. The minimum Gasteiger partial charge on any atom is -0.353 e. The molecule has 3 aromatic rings. The van der Waals surface area contributed by atoms with Crippen LogP contribution in [0.25, 0.3) is 11.3 Å². The third kappa shape index (κ3) is 4.59. The van der Waals surface area contributed by atoms with Crippen molar-refractivity contribution in [3.63, 3.8) is 0 Å². The van der Waals surface area contributed by atoms with E-state index in [1.807, 2.05) is 39.2 Å². The maximum absolute atomic E-state index is 12.8. The lowest BCUT2D eigenvalue weighted by Gasteiger charge is -2.15. The molecule has 1 fully saturated rings. The number of sulfone groups is 1. The zero-order valence-electron chi connectivity index (χ0n) is 21.5. The zero-order valence-corrected chi connectivity index (χ0v) is 22.3. The number of carbonyl (C=O) groups excluding carboxylic acids is 1. The lowest BCUT2D eigenvalue weighted by atomic mass is 10.0. The number of ketones is 1. The van der Waals surface area contributed by atoms with Crippen LogP contribution in [-0.2, 0) is 34.5 Å². The van der Waals surface area contributed by atoms with Crippen molar-refractivity contribution in [3.8, 4) is 11.3 Å². The van der Waals surface area contributed by atoms with Crippen LogP contribution in [0.5, 0.6) is 0 Å². The predicted molar refractivity (Wildman–Crippen MR) is 141 cm³/mol. The number of carbonyl (C=O) groups is 1. The molecule has 0 amide bonds. The highest BCUT2D eigenvalue weighted by Gasteiger charge is 2.49. The van der Waals surface area contributed by atoms with E-state index >= 15 is 0 Å². The molecule has 8 nitrogen and oxygen atoms in total. The number of pyridine rings is 1. The number of rotatable bonds is 7.